The van der Waals surface area contributed by atoms with Crippen LogP contribution in [0.3, 0.4) is 0 Å². The Balaban J connectivity index is 2.10. The van der Waals surface area contributed by atoms with Crippen LogP contribution < -0.4 is 0 Å². The van der Waals surface area contributed by atoms with Gasteiger partial charge in [0.25, 0.3) is 5.91 Å². The lowest BCUT2D eigenvalue weighted by Gasteiger charge is -2.31. The molecule has 1 saturated heterocycles. The minimum Gasteiger partial charge on any atom is -0.339 e. The summed E-state index contributed by atoms with van der Waals surface area (Å²) in [4.78, 5) is 13.7. The number of likely N-dealkylation sites (tertiary alicyclic amines) is 1. The van der Waals surface area contributed by atoms with Crippen molar-refractivity contribution in [1.82, 2.24) is 4.90 Å². The Labute approximate surface area is 113 Å². The molecule has 2 rings (SSSR count). The van der Waals surface area contributed by atoms with Crippen LogP contribution in [0.1, 0.15) is 23.2 Å². The zero-order valence-corrected chi connectivity index (χ0v) is 11.4. The van der Waals surface area contributed by atoms with Crippen molar-refractivity contribution in [2.24, 2.45) is 5.92 Å². The molecular formula is C13H14BrF2NO. The molecule has 0 aliphatic carbocycles. The highest BCUT2D eigenvalue weighted by Gasteiger charge is 2.25. The number of rotatable bonds is 2. The molecule has 1 aromatic carbocycles. The number of hydrogen-bond acceptors (Lipinski definition) is 1. The van der Waals surface area contributed by atoms with Gasteiger partial charge in [-0.3, -0.25) is 4.79 Å². The molecule has 0 N–H and O–H groups in total. The summed E-state index contributed by atoms with van der Waals surface area (Å²) in [5, 5.41) is 0.920. The normalized spacial score (nSPS) is 16.9. The molecule has 1 aromatic rings. The summed E-state index contributed by atoms with van der Waals surface area (Å²) < 4.78 is 26.6. The van der Waals surface area contributed by atoms with Gasteiger partial charge >= 0.3 is 0 Å². The average Bonchev–Trinajstić information content (AvgIpc) is 2.41. The second kappa shape index (κ2) is 5.78. The molecule has 1 aliphatic heterocycles. The third-order valence-corrected chi connectivity index (χ3v) is 4.22. The van der Waals surface area contributed by atoms with E-state index in [1.807, 2.05) is 0 Å². The summed E-state index contributed by atoms with van der Waals surface area (Å²) in [7, 11) is 0. The molecule has 98 valence electrons. The molecule has 2 nitrogen and oxygen atoms in total. The number of benzene rings is 1. The minimum atomic E-state index is -1.05. The average molecular weight is 318 g/mol. The third-order valence-electron chi connectivity index (χ3n) is 3.30. The predicted octanol–water partition coefficient (Wildman–Crippen LogP) is 3.21. The van der Waals surface area contributed by atoms with E-state index >= 15 is 0 Å². The van der Waals surface area contributed by atoms with E-state index in [0.29, 0.717) is 19.0 Å². The van der Waals surface area contributed by atoms with Crippen molar-refractivity contribution < 1.29 is 13.6 Å². The maximum Gasteiger partial charge on any atom is 0.256 e. The lowest BCUT2D eigenvalue weighted by Crippen LogP contribution is -2.39. The highest BCUT2D eigenvalue weighted by Crippen LogP contribution is 2.21. The van der Waals surface area contributed by atoms with Crippen LogP contribution in [0.5, 0.6) is 0 Å². The van der Waals surface area contributed by atoms with Crippen molar-refractivity contribution in [2.75, 3.05) is 18.4 Å². The molecule has 0 unspecified atom stereocenters. The van der Waals surface area contributed by atoms with Gasteiger partial charge in [0, 0.05) is 18.4 Å². The van der Waals surface area contributed by atoms with Gasteiger partial charge in [-0.1, -0.05) is 22.0 Å². The second-order valence-electron chi connectivity index (χ2n) is 4.49. The van der Waals surface area contributed by atoms with Crippen molar-refractivity contribution >= 4 is 21.8 Å². The highest BCUT2D eigenvalue weighted by atomic mass is 79.9. The van der Waals surface area contributed by atoms with Gasteiger partial charge in [-0.05, 0) is 30.9 Å². The number of amides is 1. The van der Waals surface area contributed by atoms with E-state index in [-0.39, 0.29) is 5.56 Å². The van der Waals surface area contributed by atoms with Gasteiger partial charge < -0.3 is 4.90 Å². The van der Waals surface area contributed by atoms with Gasteiger partial charge in [0.2, 0.25) is 0 Å². The van der Waals surface area contributed by atoms with E-state index in [1.165, 1.54) is 12.1 Å². The monoisotopic (exact) mass is 317 g/mol. The molecule has 0 aromatic heterocycles. The van der Waals surface area contributed by atoms with Crippen LogP contribution >= 0.6 is 15.9 Å². The number of nitrogens with zero attached hydrogens (tertiary/aromatic N) is 1. The Kier molecular flexibility index (Phi) is 4.32. The largest absolute Gasteiger partial charge is 0.339 e. The smallest absolute Gasteiger partial charge is 0.256 e. The standard InChI is InChI=1S/C13H14BrF2NO/c14-8-9-4-6-17(7-5-9)13(18)10-2-1-3-11(15)12(10)16/h1-3,9H,4-8H2. The summed E-state index contributed by atoms with van der Waals surface area (Å²) >= 11 is 3.42. The van der Waals surface area contributed by atoms with Gasteiger partial charge in [0.05, 0.1) is 5.56 Å². The summed E-state index contributed by atoms with van der Waals surface area (Å²) in [5.74, 6) is -1.88. The van der Waals surface area contributed by atoms with Crippen LogP contribution in [0.4, 0.5) is 8.78 Å². The van der Waals surface area contributed by atoms with Crippen molar-refractivity contribution in [2.45, 2.75) is 12.8 Å². The first-order valence-electron chi connectivity index (χ1n) is 5.92. The first-order valence-corrected chi connectivity index (χ1v) is 7.05. The summed E-state index contributed by atoms with van der Waals surface area (Å²) in [6, 6.07) is 3.71. The topological polar surface area (TPSA) is 20.3 Å². The van der Waals surface area contributed by atoms with Gasteiger partial charge in [0.1, 0.15) is 0 Å². The van der Waals surface area contributed by atoms with E-state index in [2.05, 4.69) is 15.9 Å². The van der Waals surface area contributed by atoms with E-state index in [1.54, 1.807) is 4.90 Å². The van der Waals surface area contributed by atoms with Gasteiger partial charge in [-0.15, -0.1) is 0 Å². The predicted molar refractivity (Wildman–Crippen MR) is 68.8 cm³/mol. The van der Waals surface area contributed by atoms with Crippen LogP contribution in [0, 0.1) is 17.6 Å². The van der Waals surface area contributed by atoms with E-state index < -0.39 is 17.5 Å². The summed E-state index contributed by atoms with van der Waals surface area (Å²) in [6.45, 7) is 1.20. The number of halogens is 3. The molecule has 5 heteroatoms. The fourth-order valence-electron chi connectivity index (χ4n) is 2.13. The van der Waals surface area contributed by atoms with Crippen molar-refractivity contribution in [3.63, 3.8) is 0 Å². The first-order chi connectivity index (χ1) is 8.63. The maximum atomic E-state index is 13.5. The van der Waals surface area contributed by atoms with E-state index in [0.717, 1.165) is 24.2 Å². The Morgan fingerprint density at radius 1 is 1.33 bits per heavy atom. The van der Waals surface area contributed by atoms with Crippen molar-refractivity contribution in [3.8, 4) is 0 Å². The second-order valence-corrected chi connectivity index (χ2v) is 5.14. The van der Waals surface area contributed by atoms with Crippen molar-refractivity contribution in [3.05, 3.63) is 35.4 Å². The molecular weight excluding hydrogens is 304 g/mol. The summed E-state index contributed by atoms with van der Waals surface area (Å²) in [5.41, 5.74) is -0.174. The number of carbonyl (C=O) groups excluding carboxylic acids is 1. The molecule has 1 amide bonds. The zero-order valence-electron chi connectivity index (χ0n) is 9.83. The maximum absolute atomic E-state index is 13.5. The fraction of sp³-hybridized carbons (Fsp3) is 0.462. The molecule has 0 radical (unpaired) electrons. The lowest BCUT2D eigenvalue weighted by molar-refractivity contribution is 0.0693. The molecule has 1 heterocycles. The van der Waals surface area contributed by atoms with Crippen molar-refractivity contribution in [1.29, 1.82) is 0 Å². The molecule has 0 atom stereocenters. The Bertz CT molecular complexity index is 445. The molecule has 18 heavy (non-hydrogen) atoms. The number of hydrogen-bond donors (Lipinski definition) is 0. The van der Waals surface area contributed by atoms with Gasteiger partial charge in [-0.2, -0.15) is 0 Å². The number of alkyl halides is 1. The highest BCUT2D eigenvalue weighted by molar-refractivity contribution is 9.09. The Morgan fingerprint density at radius 2 is 2.00 bits per heavy atom. The van der Waals surface area contributed by atoms with Gasteiger partial charge in [-0.25, -0.2) is 8.78 Å². The third kappa shape index (κ3) is 2.71. The Morgan fingerprint density at radius 3 is 2.61 bits per heavy atom. The molecule has 0 spiro atoms. The van der Waals surface area contributed by atoms with Crippen LogP contribution in [0.2, 0.25) is 0 Å². The Hall–Kier alpha value is -0.970. The number of piperidine rings is 1. The number of carbonyl (C=O) groups is 1. The summed E-state index contributed by atoms with van der Waals surface area (Å²) in [6.07, 6.45) is 1.79. The van der Waals surface area contributed by atoms with E-state index in [9.17, 15) is 13.6 Å². The molecule has 0 saturated carbocycles. The van der Waals surface area contributed by atoms with Crippen LogP contribution in [-0.2, 0) is 0 Å². The van der Waals surface area contributed by atoms with E-state index in [4.69, 9.17) is 0 Å². The van der Waals surface area contributed by atoms with Crippen LogP contribution in [0.25, 0.3) is 0 Å². The molecule has 1 aliphatic rings. The molecule has 0 bridgehead atoms. The van der Waals surface area contributed by atoms with Gasteiger partial charge in [0.15, 0.2) is 11.6 Å². The van der Waals surface area contributed by atoms with Crippen LogP contribution in [0.15, 0.2) is 18.2 Å². The quantitative estimate of drug-likeness (QED) is 0.767. The SMILES string of the molecule is O=C(c1cccc(F)c1F)N1CCC(CBr)CC1. The zero-order chi connectivity index (χ0) is 13.1. The molecule has 1 fully saturated rings. The lowest BCUT2D eigenvalue weighted by atomic mass is 9.98. The first kappa shape index (κ1) is 13.5. The van der Waals surface area contributed by atoms with Crippen LogP contribution in [-0.4, -0.2) is 29.2 Å². The minimum absolute atomic E-state index is 0.174. The fourth-order valence-corrected chi connectivity index (χ4v) is 2.78.